The number of aryl methyl sites for hydroxylation is 1. The third-order valence-electron chi connectivity index (χ3n) is 2.84. The molecule has 0 radical (unpaired) electrons. The molecule has 0 aliphatic heterocycles. The molecule has 102 valence electrons. The van der Waals surface area contributed by atoms with Gasteiger partial charge in [0.2, 0.25) is 0 Å². The summed E-state index contributed by atoms with van der Waals surface area (Å²) in [6.45, 7) is 11.6. The van der Waals surface area contributed by atoms with Crippen LogP contribution >= 0.6 is 11.3 Å². The van der Waals surface area contributed by atoms with Gasteiger partial charge in [-0.2, -0.15) is 0 Å². The Morgan fingerprint density at radius 3 is 2.72 bits per heavy atom. The summed E-state index contributed by atoms with van der Waals surface area (Å²) in [4.78, 5) is 15.7. The number of carbonyl (C=O) groups is 1. The second kappa shape index (κ2) is 6.87. The van der Waals surface area contributed by atoms with Gasteiger partial charge in [-0.15, -0.1) is 11.3 Å². The fourth-order valence-electron chi connectivity index (χ4n) is 1.92. The monoisotopic (exact) mass is 269 g/mol. The lowest BCUT2D eigenvalue weighted by Gasteiger charge is -2.22. The molecule has 18 heavy (non-hydrogen) atoms. The Balaban J connectivity index is 2.77. The van der Waals surface area contributed by atoms with Gasteiger partial charge < -0.3 is 0 Å². The number of nitrogens with one attached hydrogen (secondary N) is 1. The van der Waals surface area contributed by atoms with Crippen molar-refractivity contribution < 1.29 is 4.79 Å². The van der Waals surface area contributed by atoms with Crippen molar-refractivity contribution in [3.8, 4) is 0 Å². The van der Waals surface area contributed by atoms with E-state index in [2.05, 4.69) is 38.0 Å². The van der Waals surface area contributed by atoms with Gasteiger partial charge in [0.15, 0.2) is 0 Å². The largest absolute Gasteiger partial charge is 0.299 e. The Kier molecular flexibility index (Phi) is 5.78. The van der Waals surface area contributed by atoms with Crippen LogP contribution in [0.15, 0.2) is 6.07 Å². The molecule has 0 saturated carbocycles. The fraction of sp³-hybridized carbons (Fsp3) is 0.615. The molecule has 0 unspecified atom stereocenters. The highest BCUT2D eigenvalue weighted by Gasteiger charge is 2.14. The summed E-state index contributed by atoms with van der Waals surface area (Å²) < 4.78 is 0. The van der Waals surface area contributed by atoms with E-state index in [1.807, 2.05) is 6.07 Å². The standard InChI is InChI=1S/C13H23N3OS/c1-5-16(7-9(2)3)8-11-6-12(13(17)15-14)18-10(11)4/h6,9H,5,7-8,14H2,1-4H3,(H,15,17). The van der Waals surface area contributed by atoms with E-state index in [0.717, 1.165) is 19.6 Å². The predicted molar refractivity (Wildman–Crippen MR) is 76.5 cm³/mol. The Morgan fingerprint density at radius 1 is 1.56 bits per heavy atom. The second-order valence-electron chi connectivity index (χ2n) is 4.89. The maximum Gasteiger partial charge on any atom is 0.275 e. The average Bonchev–Trinajstić information content (AvgIpc) is 2.68. The molecule has 0 aromatic carbocycles. The van der Waals surface area contributed by atoms with Crippen LogP contribution in [-0.4, -0.2) is 23.9 Å². The minimum atomic E-state index is -0.207. The van der Waals surface area contributed by atoms with Crippen LogP contribution in [0.3, 0.4) is 0 Å². The maximum absolute atomic E-state index is 11.5. The van der Waals surface area contributed by atoms with Gasteiger partial charge in [0.05, 0.1) is 4.88 Å². The molecular formula is C13H23N3OS. The zero-order valence-corrected chi connectivity index (χ0v) is 12.4. The molecule has 1 aromatic heterocycles. The van der Waals surface area contributed by atoms with Crippen molar-refractivity contribution in [2.45, 2.75) is 34.2 Å². The van der Waals surface area contributed by atoms with Gasteiger partial charge in [-0.25, -0.2) is 5.84 Å². The first-order chi connectivity index (χ1) is 8.47. The molecule has 5 heteroatoms. The molecule has 0 fully saturated rings. The van der Waals surface area contributed by atoms with Crippen LogP contribution < -0.4 is 11.3 Å². The van der Waals surface area contributed by atoms with E-state index in [-0.39, 0.29) is 5.91 Å². The molecule has 0 atom stereocenters. The number of thiophene rings is 1. The highest BCUT2D eigenvalue weighted by Crippen LogP contribution is 2.23. The van der Waals surface area contributed by atoms with Crippen molar-refractivity contribution >= 4 is 17.2 Å². The smallest absolute Gasteiger partial charge is 0.275 e. The third-order valence-corrected chi connectivity index (χ3v) is 3.93. The van der Waals surface area contributed by atoms with Crippen LogP contribution in [0.1, 0.15) is 40.9 Å². The molecule has 0 aliphatic rings. The topological polar surface area (TPSA) is 58.4 Å². The molecule has 0 spiro atoms. The molecule has 0 saturated heterocycles. The number of rotatable bonds is 6. The van der Waals surface area contributed by atoms with Crippen molar-refractivity contribution in [1.29, 1.82) is 0 Å². The molecule has 4 nitrogen and oxygen atoms in total. The van der Waals surface area contributed by atoms with Crippen molar-refractivity contribution in [3.63, 3.8) is 0 Å². The van der Waals surface area contributed by atoms with E-state index in [4.69, 9.17) is 5.84 Å². The molecule has 3 N–H and O–H groups in total. The molecule has 1 aromatic rings. The molecule has 1 amide bonds. The zero-order valence-electron chi connectivity index (χ0n) is 11.6. The van der Waals surface area contributed by atoms with Gasteiger partial charge in [0, 0.05) is 18.0 Å². The minimum Gasteiger partial charge on any atom is -0.299 e. The van der Waals surface area contributed by atoms with Crippen molar-refractivity contribution in [1.82, 2.24) is 10.3 Å². The van der Waals surface area contributed by atoms with Gasteiger partial charge in [-0.05, 0) is 31.0 Å². The summed E-state index contributed by atoms with van der Waals surface area (Å²) >= 11 is 1.50. The van der Waals surface area contributed by atoms with Gasteiger partial charge in [0.1, 0.15) is 0 Å². The minimum absolute atomic E-state index is 0.207. The SMILES string of the molecule is CCN(Cc1cc(C(=O)NN)sc1C)CC(C)C. The summed E-state index contributed by atoms with van der Waals surface area (Å²) in [5, 5.41) is 0. The van der Waals surface area contributed by atoms with Gasteiger partial charge in [0.25, 0.3) is 5.91 Å². The number of amides is 1. The van der Waals surface area contributed by atoms with Crippen LogP contribution in [0.5, 0.6) is 0 Å². The number of nitrogen functional groups attached to an aromatic ring is 1. The van der Waals surface area contributed by atoms with Crippen LogP contribution in [0.4, 0.5) is 0 Å². The summed E-state index contributed by atoms with van der Waals surface area (Å²) in [5.74, 6) is 5.60. The maximum atomic E-state index is 11.5. The Bertz CT molecular complexity index is 401. The van der Waals surface area contributed by atoms with Crippen molar-refractivity contribution in [3.05, 3.63) is 21.4 Å². The number of nitrogens with zero attached hydrogens (tertiary/aromatic N) is 1. The molecular weight excluding hydrogens is 246 g/mol. The molecule has 1 heterocycles. The average molecular weight is 269 g/mol. The Hall–Kier alpha value is -0.910. The summed E-state index contributed by atoms with van der Waals surface area (Å²) in [5.41, 5.74) is 3.40. The number of carbonyl (C=O) groups excluding carboxylic acids is 1. The van der Waals surface area contributed by atoms with Gasteiger partial charge in [-0.3, -0.25) is 15.1 Å². The van der Waals surface area contributed by atoms with Crippen LogP contribution in [0, 0.1) is 12.8 Å². The van der Waals surface area contributed by atoms with Crippen molar-refractivity contribution in [2.75, 3.05) is 13.1 Å². The number of nitrogens with two attached hydrogens (primary N) is 1. The van der Waals surface area contributed by atoms with E-state index < -0.39 is 0 Å². The lowest BCUT2D eigenvalue weighted by Crippen LogP contribution is -2.29. The summed E-state index contributed by atoms with van der Waals surface area (Å²) in [6.07, 6.45) is 0. The summed E-state index contributed by atoms with van der Waals surface area (Å²) in [6, 6.07) is 1.95. The third kappa shape index (κ3) is 4.08. The van der Waals surface area contributed by atoms with E-state index in [9.17, 15) is 4.79 Å². The van der Waals surface area contributed by atoms with E-state index in [1.165, 1.54) is 21.8 Å². The normalized spacial score (nSPS) is 11.3. The van der Waals surface area contributed by atoms with Crippen molar-refractivity contribution in [2.24, 2.45) is 11.8 Å². The van der Waals surface area contributed by atoms with E-state index >= 15 is 0 Å². The number of hydrogen-bond acceptors (Lipinski definition) is 4. The lowest BCUT2D eigenvalue weighted by molar-refractivity contribution is 0.0957. The predicted octanol–water partition coefficient (Wildman–Crippen LogP) is 2.14. The van der Waals surface area contributed by atoms with Crippen LogP contribution in [0.25, 0.3) is 0 Å². The van der Waals surface area contributed by atoms with E-state index in [1.54, 1.807) is 0 Å². The highest BCUT2D eigenvalue weighted by molar-refractivity contribution is 7.14. The lowest BCUT2D eigenvalue weighted by atomic mass is 10.1. The Morgan fingerprint density at radius 2 is 2.22 bits per heavy atom. The first-order valence-corrected chi connectivity index (χ1v) is 7.12. The zero-order chi connectivity index (χ0) is 13.7. The van der Waals surface area contributed by atoms with Gasteiger partial charge in [-0.1, -0.05) is 20.8 Å². The first kappa shape index (κ1) is 15.1. The molecule has 0 aliphatic carbocycles. The molecule has 1 rings (SSSR count). The second-order valence-corrected chi connectivity index (χ2v) is 6.14. The van der Waals surface area contributed by atoms with E-state index in [0.29, 0.717) is 10.8 Å². The number of hydrazine groups is 1. The molecule has 0 bridgehead atoms. The highest BCUT2D eigenvalue weighted by atomic mass is 32.1. The van der Waals surface area contributed by atoms with Crippen LogP contribution in [0.2, 0.25) is 0 Å². The van der Waals surface area contributed by atoms with Gasteiger partial charge >= 0.3 is 0 Å². The quantitative estimate of drug-likeness (QED) is 0.472. The Labute approximate surface area is 113 Å². The fourth-order valence-corrected chi connectivity index (χ4v) is 2.86. The number of hydrogen-bond donors (Lipinski definition) is 2. The van der Waals surface area contributed by atoms with Crippen LogP contribution in [-0.2, 0) is 6.54 Å². The summed E-state index contributed by atoms with van der Waals surface area (Å²) in [7, 11) is 0. The first-order valence-electron chi connectivity index (χ1n) is 6.30.